The average Bonchev–Trinajstić information content (AvgIpc) is 2.36. The SMILES string of the molecule is OC(Cc1ccc(Br)cc1Cl)c1ccc(F)c(Br)c1. The van der Waals surface area contributed by atoms with Gasteiger partial charge in [0.1, 0.15) is 5.82 Å². The highest BCUT2D eigenvalue weighted by Crippen LogP contribution is 2.28. The van der Waals surface area contributed by atoms with Gasteiger partial charge in [0.05, 0.1) is 10.6 Å². The second-order valence-electron chi connectivity index (χ2n) is 4.13. The van der Waals surface area contributed by atoms with Gasteiger partial charge in [0, 0.05) is 15.9 Å². The second kappa shape index (κ2) is 6.35. The molecule has 0 heterocycles. The van der Waals surface area contributed by atoms with E-state index in [0.717, 1.165) is 10.0 Å². The van der Waals surface area contributed by atoms with Crippen LogP contribution in [0.3, 0.4) is 0 Å². The van der Waals surface area contributed by atoms with Gasteiger partial charge in [-0.15, -0.1) is 0 Å². The van der Waals surface area contributed by atoms with E-state index in [1.807, 2.05) is 12.1 Å². The Morgan fingerprint density at radius 2 is 1.89 bits per heavy atom. The Balaban J connectivity index is 2.20. The van der Waals surface area contributed by atoms with Crippen LogP contribution >= 0.6 is 43.5 Å². The molecule has 0 amide bonds. The maximum absolute atomic E-state index is 13.1. The maximum atomic E-state index is 13.1. The lowest BCUT2D eigenvalue weighted by molar-refractivity contribution is 0.178. The highest BCUT2D eigenvalue weighted by molar-refractivity contribution is 9.10. The smallest absolute Gasteiger partial charge is 0.137 e. The van der Waals surface area contributed by atoms with Crippen LogP contribution < -0.4 is 0 Å². The van der Waals surface area contributed by atoms with Crippen molar-refractivity contribution in [2.45, 2.75) is 12.5 Å². The Bertz CT molecular complexity index is 604. The topological polar surface area (TPSA) is 20.2 Å². The largest absolute Gasteiger partial charge is 0.388 e. The van der Waals surface area contributed by atoms with Crippen molar-refractivity contribution in [2.24, 2.45) is 0 Å². The van der Waals surface area contributed by atoms with Gasteiger partial charge < -0.3 is 5.11 Å². The number of aliphatic hydroxyl groups excluding tert-OH is 1. The van der Waals surface area contributed by atoms with E-state index in [-0.39, 0.29) is 5.82 Å². The average molecular weight is 408 g/mol. The molecule has 2 aromatic carbocycles. The zero-order valence-electron chi connectivity index (χ0n) is 9.71. The zero-order chi connectivity index (χ0) is 14.0. The second-order valence-corrected chi connectivity index (χ2v) is 6.31. The van der Waals surface area contributed by atoms with Crippen molar-refractivity contribution >= 4 is 43.5 Å². The first kappa shape index (κ1) is 15.0. The van der Waals surface area contributed by atoms with Crippen LogP contribution in [-0.4, -0.2) is 5.11 Å². The molecule has 100 valence electrons. The van der Waals surface area contributed by atoms with Gasteiger partial charge in [-0.05, 0) is 51.3 Å². The minimum atomic E-state index is -0.726. The van der Waals surface area contributed by atoms with Gasteiger partial charge in [-0.3, -0.25) is 0 Å². The molecule has 0 aliphatic heterocycles. The first-order valence-electron chi connectivity index (χ1n) is 5.54. The van der Waals surface area contributed by atoms with E-state index in [1.165, 1.54) is 6.07 Å². The molecule has 1 N–H and O–H groups in total. The quantitative estimate of drug-likeness (QED) is 0.733. The van der Waals surface area contributed by atoms with E-state index >= 15 is 0 Å². The Kier molecular flexibility index (Phi) is 5.01. The summed E-state index contributed by atoms with van der Waals surface area (Å²) in [7, 11) is 0. The van der Waals surface area contributed by atoms with E-state index in [0.29, 0.717) is 21.5 Å². The van der Waals surface area contributed by atoms with Gasteiger partial charge in [0.15, 0.2) is 0 Å². The minimum Gasteiger partial charge on any atom is -0.388 e. The third-order valence-electron chi connectivity index (χ3n) is 2.76. The molecule has 1 unspecified atom stereocenters. The van der Waals surface area contributed by atoms with E-state index in [9.17, 15) is 9.50 Å². The lowest BCUT2D eigenvalue weighted by atomic mass is 10.0. The number of rotatable bonds is 3. The summed E-state index contributed by atoms with van der Waals surface area (Å²) < 4.78 is 14.4. The van der Waals surface area contributed by atoms with E-state index in [1.54, 1.807) is 18.2 Å². The standard InChI is InChI=1S/C14H10Br2ClFO/c15-10-3-1-8(12(17)7-10)6-14(19)9-2-4-13(18)11(16)5-9/h1-5,7,14,19H,6H2. The molecule has 0 bridgehead atoms. The van der Waals surface area contributed by atoms with Crippen LogP contribution in [0.4, 0.5) is 4.39 Å². The Hall–Kier alpha value is -0.420. The molecule has 2 aromatic rings. The van der Waals surface area contributed by atoms with Crippen LogP contribution in [0.1, 0.15) is 17.2 Å². The number of hydrogen-bond acceptors (Lipinski definition) is 1. The van der Waals surface area contributed by atoms with Crippen molar-refractivity contribution in [1.82, 2.24) is 0 Å². The monoisotopic (exact) mass is 406 g/mol. The van der Waals surface area contributed by atoms with Crippen LogP contribution in [0.25, 0.3) is 0 Å². The van der Waals surface area contributed by atoms with Crippen LogP contribution in [-0.2, 0) is 6.42 Å². The van der Waals surface area contributed by atoms with Crippen LogP contribution in [0.15, 0.2) is 45.3 Å². The molecule has 1 nitrogen and oxygen atoms in total. The molecule has 2 rings (SSSR count). The summed E-state index contributed by atoms with van der Waals surface area (Å²) in [6.45, 7) is 0. The summed E-state index contributed by atoms with van der Waals surface area (Å²) in [5.74, 6) is -0.349. The van der Waals surface area contributed by atoms with E-state index in [4.69, 9.17) is 11.6 Å². The number of halogens is 4. The van der Waals surface area contributed by atoms with Gasteiger partial charge in [-0.25, -0.2) is 4.39 Å². The first-order chi connectivity index (χ1) is 8.97. The van der Waals surface area contributed by atoms with Gasteiger partial charge in [0.2, 0.25) is 0 Å². The minimum absolute atomic E-state index is 0.339. The van der Waals surface area contributed by atoms with Crippen LogP contribution in [0.5, 0.6) is 0 Å². The van der Waals surface area contributed by atoms with Crippen molar-refractivity contribution in [2.75, 3.05) is 0 Å². The molecule has 19 heavy (non-hydrogen) atoms. The summed E-state index contributed by atoms with van der Waals surface area (Å²) in [6.07, 6.45) is -0.347. The first-order valence-corrected chi connectivity index (χ1v) is 7.50. The van der Waals surface area contributed by atoms with Crippen molar-refractivity contribution in [3.8, 4) is 0 Å². The third-order valence-corrected chi connectivity index (χ3v) is 4.21. The highest BCUT2D eigenvalue weighted by atomic mass is 79.9. The van der Waals surface area contributed by atoms with E-state index in [2.05, 4.69) is 31.9 Å². The van der Waals surface area contributed by atoms with Crippen molar-refractivity contribution in [3.05, 3.63) is 67.3 Å². The molecule has 0 fully saturated rings. The maximum Gasteiger partial charge on any atom is 0.137 e. The predicted octanol–water partition coefficient (Wildman–Crippen LogP) is 5.28. The Labute approximate surface area is 132 Å². The summed E-state index contributed by atoms with van der Waals surface area (Å²) in [6, 6.07) is 9.98. The molecule has 1 atom stereocenters. The number of benzene rings is 2. The fourth-order valence-electron chi connectivity index (χ4n) is 1.73. The fourth-order valence-corrected chi connectivity index (χ4v) is 2.88. The number of aliphatic hydroxyl groups is 1. The lowest BCUT2D eigenvalue weighted by Crippen LogP contribution is -2.02. The molecule has 5 heteroatoms. The summed E-state index contributed by atoms with van der Waals surface area (Å²) in [4.78, 5) is 0. The predicted molar refractivity (Wildman–Crippen MR) is 81.9 cm³/mol. The Morgan fingerprint density at radius 3 is 2.53 bits per heavy atom. The van der Waals surface area contributed by atoms with Gasteiger partial charge in [-0.1, -0.05) is 39.7 Å². The molecule has 0 aliphatic carbocycles. The molecule has 0 saturated carbocycles. The summed E-state index contributed by atoms with van der Waals surface area (Å²) >= 11 is 12.5. The highest BCUT2D eigenvalue weighted by Gasteiger charge is 2.12. The van der Waals surface area contributed by atoms with Crippen molar-refractivity contribution in [1.29, 1.82) is 0 Å². The van der Waals surface area contributed by atoms with Crippen molar-refractivity contribution < 1.29 is 9.50 Å². The number of hydrogen-bond donors (Lipinski definition) is 1. The fraction of sp³-hybridized carbons (Fsp3) is 0.143. The molecule has 0 spiro atoms. The van der Waals surface area contributed by atoms with Crippen LogP contribution in [0.2, 0.25) is 5.02 Å². The molecule has 0 aliphatic rings. The molecular formula is C14H10Br2ClFO. The zero-order valence-corrected chi connectivity index (χ0v) is 13.6. The Morgan fingerprint density at radius 1 is 1.16 bits per heavy atom. The van der Waals surface area contributed by atoms with Gasteiger partial charge >= 0.3 is 0 Å². The molecule has 0 saturated heterocycles. The van der Waals surface area contributed by atoms with Crippen molar-refractivity contribution in [3.63, 3.8) is 0 Å². The molecular weight excluding hydrogens is 398 g/mol. The summed E-state index contributed by atoms with van der Waals surface area (Å²) in [5, 5.41) is 10.8. The van der Waals surface area contributed by atoms with Gasteiger partial charge in [-0.2, -0.15) is 0 Å². The normalized spacial score (nSPS) is 12.5. The summed E-state index contributed by atoms with van der Waals surface area (Å²) in [5.41, 5.74) is 1.49. The van der Waals surface area contributed by atoms with Gasteiger partial charge in [0.25, 0.3) is 0 Å². The molecule has 0 radical (unpaired) electrons. The lowest BCUT2D eigenvalue weighted by Gasteiger charge is -2.13. The van der Waals surface area contributed by atoms with Crippen LogP contribution in [0, 0.1) is 5.82 Å². The van der Waals surface area contributed by atoms with E-state index < -0.39 is 6.10 Å². The third kappa shape index (κ3) is 3.78. The molecule has 0 aromatic heterocycles.